The zero-order valence-electron chi connectivity index (χ0n) is 14.3. The molecule has 0 saturated carbocycles. The van der Waals surface area contributed by atoms with Crippen LogP contribution in [0.5, 0.6) is 0 Å². The van der Waals surface area contributed by atoms with Crippen molar-refractivity contribution in [2.45, 2.75) is 12.8 Å². The number of piperidine rings is 1. The molecule has 25 heavy (non-hydrogen) atoms. The molecule has 0 radical (unpaired) electrons. The number of rotatable bonds is 5. The van der Waals surface area contributed by atoms with E-state index in [9.17, 15) is 9.18 Å². The van der Waals surface area contributed by atoms with Crippen LogP contribution in [0, 0.1) is 11.7 Å². The van der Waals surface area contributed by atoms with Crippen LogP contribution in [0.15, 0.2) is 42.6 Å². The lowest BCUT2D eigenvalue weighted by molar-refractivity contribution is 0.0675. The van der Waals surface area contributed by atoms with Gasteiger partial charge < -0.3 is 15.5 Å². The van der Waals surface area contributed by atoms with Crippen molar-refractivity contribution >= 4 is 17.4 Å². The summed E-state index contributed by atoms with van der Waals surface area (Å²) >= 11 is 0. The number of benzene rings is 1. The number of halogens is 1. The van der Waals surface area contributed by atoms with Crippen molar-refractivity contribution in [2.75, 3.05) is 32.0 Å². The van der Waals surface area contributed by atoms with Gasteiger partial charge in [-0.05, 0) is 56.6 Å². The topological polar surface area (TPSA) is 57.3 Å². The largest absolute Gasteiger partial charge is 0.338 e. The van der Waals surface area contributed by atoms with Crippen molar-refractivity contribution in [3.8, 4) is 0 Å². The summed E-state index contributed by atoms with van der Waals surface area (Å²) in [6.45, 7) is 2.37. The highest BCUT2D eigenvalue weighted by Gasteiger charge is 2.26. The van der Waals surface area contributed by atoms with Crippen LogP contribution >= 0.6 is 0 Å². The number of pyridine rings is 1. The highest BCUT2D eigenvalue weighted by molar-refractivity contribution is 5.99. The highest BCUT2D eigenvalue weighted by atomic mass is 19.1. The van der Waals surface area contributed by atoms with Crippen molar-refractivity contribution in [3.05, 3.63) is 54.0 Å². The van der Waals surface area contributed by atoms with E-state index in [1.165, 1.54) is 6.07 Å². The molecule has 1 fully saturated rings. The number of amides is 1. The lowest BCUT2D eigenvalue weighted by Crippen LogP contribution is -2.42. The zero-order chi connectivity index (χ0) is 17.6. The van der Waals surface area contributed by atoms with E-state index in [1.54, 1.807) is 36.5 Å². The van der Waals surface area contributed by atoms with E-state index >= 15 is 0 Å². The average molecular weight is 342 g/mol. The normalized spacial score (nSPS) is 17.4. The predicted molar refractivity (Wildman–Crippen MR) is 96.5 cm³/mol. The van der Waals surface area contributed by atoms with E-state index in [1.807, 2.05) is 11.9 Å². The molecule has 1 aliphatic heterocycles. The summed E-state index contributed by atoms with van der Waals surface area (Å²) in [4.78, 5) is 19.1. The summed E-state index contributed by atoms with van der Waals surface area (Å²) in [5.41, 5.74) is 0.776. The third-order valence-electron chi connectivity index (χ3n) is 4.46. The minimum Gasteiger partial charge on any atom is -0.338 e. The van der Waals surface area contributed by atoms with Crippen molar-refractivity contribution in [1.82, 2.24) is 15.2 Å². The summed E-state index contributed by atoms with van der Waals surface area (Å²) in [6, 6.07) is 9.83. The van der Waals surface area contributed by atoms with E-state index in [-0.39, 0.29) is 11.7 Å². The van der Waals surface area contributed by atoms with Crippen LogP contribution in [-0.2, 0) is 0 Å². The maximum absolute atomic E-state index is 13.9. The van der Waals surface area contributed by atoms with Crippen molar-refractivity contribution in [2.24, 2.45) is 5.92 Å². The Kier molecular flexibility index (Phi) is 5.60. The van der Waals surface area contributed by atoms with Crippen molar-refractivity contribution < 1.29 is 9.18 Å². The number of hydrogen-bond donors (Lipinski definition) is 2. The third kappa shape index (κ3) is 4.14. The van der Waals surface area contributed by atoms with Gasteiger partial charge in [-0.2, -0.15) is 0 Å². The maximum atomic E-state index is 13.9. The Hall–Kier alpha value is -2.47. The second kappa shape index (κ2) is 8.07. The predicted octanol–water partition coefficient (Wildman–Crippen LogP) is 3.04. The van der Waals surface area contributed by atoms with Gasteiger partial charge in [0.1, 0.15) is 11.6 Å². The van der Waals surface area contributed by atoms with E-state index in [0.717, 1.165) is 32.5 Å². The summed E-state index contributed by atoms with van der Waals surface area (Å²) in [5.74, 6) is 0.405. The fourth-order valence-corrected chi connectivity index (χ4v) is 3.24. The molecule has 1 aliphatic rings. The van der Waals surface area contributed by atoms with Crippen LogP contribution in [0.4, 0.5) is 15.9 Å². The van der Waals surface area contributed by atoms with E-state index in [0.29, 0.717) is 23.0 Å². The zero-order valence-corrected chi connectivity index (χ0v) is 14.3. The molecule has 0 spiro atoms. The summed E-state index contributed by atoms with van der Waals surface area (Å²) in [7, 11) is 1.93. The van der Waals surface area contributed by atoms with Gasteiger partial charge in [0.05, 0.1) is 11.3 Å². The molecule has 3 rings (SSSR count). The van der Waals surface area contributed by atoms with Crippen LogP contribution in [0.3, 0.4) is 0 Å². The number of aromatic nitrogens is 1. The molecule has 6 heteroatoms. The standard InChI is InChI=1S/C19H23FN4O/c1-21-12-14-6-5-11-24(13-14)19(25)15-7-4-10-22-18(15)23-17-9-3-2-8-16(17)20/h2-4,7-10,14,21H,5-6,11-13H2,1H3,(H,22,23). The first-order valence-electron chi connectivity index (χ1n) is 8.59. The molecule has 1 saturated heterocycles. The number of anilines is 2. The molecule has 132 valence electrons. The Morgan fingerprint density at radius 3 is 2.96 bits per heavy atom. The molecule has 1 aromatic heterocycles. The molecule has 2 N–H and O–H groups in total. The number of nitrogens with one attached hydrogen (secondary N) is 2. The number of likely N-dealkylation sites (tertiary alicyclic amines) is 1. The monoisotopic (exact) mass is 342 g/mol. The Balaban J connectivity index is 1.80. The number of carbonyl (C=O) groups is 1. The molecule has 0 aliphatic carbocycles. The number of nitrogens with zero attached hydrogens (tertiary/aromatic N) is 2. The summed E-state index contributed by atoms with van der Waals surface area (Å²) in [5, 5.41) is 6.13. The summed E-state index contributed by atoms with van der Waals surface area (Å²) in [6.07, 6.45) is 3.71. The van der Waals surface area contributed by atoms with Crippen molar-refractivity contribution in [1.29, 1.82) is 0 Å². The minimum absolute atomic E-state index is 0.0623. The van der Waals surface area contributed by atoms with Gasteiger partial charge in [-0.1, -0.05) is 12.1 Å². The van der Waals surface area contributed by atoms with Gasteiger partial charge in [0.15, 0.2) is 0 Å². The second-order valence-electron chi connectivity index (χ2n) is 6.32. The Bertz CT molecular complexity index is 735. The van der Waals surface area contributed by atoms with Crippen LogP contribution in [0.1, 0.15) is 23.2 Å². The van der Waals surface area contributed by atoms with E-state index in [4.69, 9.17) is 0 Å². The molecule has 5 nitrogen and oxygen atoms in total. The Morgan fingerprint density at radius 2 is 2.16 bits per heavy atom. The molecule has 1 atom stereocenters. The summed E-state index contributed by atoms with van der Waals surface area (Å²) < 4.78 is 13.9. The second-order valence-corrected chi connectivity index (χ2v) is 6.32. The average Bonchev–Trinajstić information content (AvgIpc) is 2.64. The van der Waals surface area contributed by atoms with Gasteiger partial charge in [0.25, 0.3) is 5.91 Å². The van der Waals surface area contributed by atoms with Crippen LogP contribution in [0.25, 0.3) is 0 Å². The van der Waals surface area contributed by atoms with E-state index < -0.39 is 0 Å². The first-order chi connectivity index (χ1) is 12.2. The minimum atomic E-state index is -0.376. The fraction of sp³-hybridized carbons (Fsp3) is 0.368. The molecular formula is C19H23FN4O. The molecule has 0 bridgehead atoms. The van der Waals surface area contributed by atoms with Crippen LogP contribution < -0.4 is 10.6 Å². The Labute approximate surface area is 147 Å². The molecule has 1 aromatic carbocycles. The molecule has 1 unspecified atom stereocenters. The van der Waals surface area contributed by atoms with E-state index in [2.05, 4.69) is 15.6 Å². The Morgan fingerprint density at radius 1 is 1.32 bits per heavy atom. The van der Waals surface area contributed by atoms with Crippen LogP contribution in [-0.4, -0.2) is 42.5 Å². The van der Waals surface area contributed by atoms with Crippen LogP contribution in [0.2, 0.25) is 0 Å². The SMILES string of the molecule is CNCC1CCCN(C(=O)c2cccnc2Nc2ccccc2F)C1. The smallest absolute Gasteiger partial charge is 0.257 e. The maximum Gasteiger partial charge on any atom is 0.257 e. The fourth-order valence-electron chi connectivity index (χ4n) is 3.24. The third-order valence-corrected chi connectivity index (χ3v) is 4.46. The van der Waals surface area contributed by atoms with Gasteiger partial charge >= 0.3 is 0 Å². The number of carbonyl (C=O) groups excluding carboxylic acids is 1. The lowest BCUT2D eigenvalue weighted by Gasteiger charge is -2.33. The molecular weight excluding hydrogens is 319 g/mol. The molecule has 1 amide bonds. The van der Waals surface area contributed by atoms with Crippen molar-refractivity contribution in [3.63, 3.8) is 0 Å². The highest BCUT2D eigenvalue weighted by Crippen LogP contribution is 2.24. The quantitative estimate of drug-likeness (QED) is 0.877. The van der Waals surface area contributed by atoms with Gasteiger partial charge in [0, 0.05) is 19.3 Å². The lowest BCUT2D eigenvalue weighted by atomic mass is 9.97. The van der Waals surface area contributed by atoms with Gasteiger partial charge in [-0.25, -0.2) is 9.37 Å². The first kappa shape index (κ1) is 17.4. The van der Waals surface area contributed by atoms with Gasteiger partial charge in [-0.3, -0.25) is 4.79 Å². The van der Waals surface area contributed by atoms with Gasteiger partial charge in [0.2, 0.25) is 0 Å². The number of para-hydroxylation sites is 1. The first-order valence-corrected chi connectivity index (χ1v) is 8.59. The number of hydrogen-bond acceptors (Lipinski definition) is 4. The molecule has 2 heterocycles. The van der Waals surface area contributed by atoms with Gasteiger partial charge in [-0.15, -0.1) is 0 Å². The molecule has 2 aromatic rings.